The van der Waals surface area contributed by atoms with Crippen molar-refractivity contribution in [2.24, 2.45) is 0 Å². The van der Waals surface area contributed by atoms with Crippen molar-refractivity contribution in [1.82, 2.24) is 10.0 Å². The Hall–Kier alpha value is -0.800. The first-order valence-corrected chi connectivity index (χ1v) is 9.77. The molecule has 2 atom stereocenters. The van der Waals surface area contributed by atoms with Crippen LogP contribution in [0.25, 0.3) is 0 Å². The molecular formula is C12H24N2O5S2. The van der Waals surface area contributed by atoms with E-state index < -0.39 is 27.9 Å². The number of hydrogen-bond donors (Lipinski definition) is 3. The summed E-state index contributed by atoms with van der Waals surface area (Å²) in [7, 11) is -3.47. The van der Waals surface area contributed by atoms with Crippen molar-refractivity contribution in [3.05, 3.63) is 0 Å². The van der Waals surface area contributed by atoms with Gasteiger partial charge in [0.05, 0.1) is 5.75 Å². The summed E-state index contributed by atoms with van der Waals surface area (Å²) in [5.74, 6) is -0.793. The predicted molar refractivity (Wildman–Crippen MR) is 83.9 cm³/mol. The van der Waals surface area contributed by atoms with E-state index in [9.17, 15) is 18.0 Å². The van der Waals surface area contributed by atoms with Crippen LogP contribution in [0.3, 0.4) is 0 Å². The molecule has 0 aliphatic heterocycles. The van der Waals surface area contributed by atoms with Crippen LogP contribution < -0.4 is 10.0 Å². The SMILES string of the molecule is CCS(=O)(=O)NC(CCSC)C(=O)NC(C)CCC(=O)O. The van der Waals surface area contributed by atoms with Crippen molar-refractivity contribution in [2.75, 3.05) is 17.8 Å². The first-order chi connectivity index (χ1) is 9.71. The van der Waals surface area contributed by atoms with Crippen molar-refractivity contribution in [3.8, 4) is 0 Å². The lowest BCUT2D eigenvalue weighted by Gasteiger charge is -2.20. The second kappa shape index (κ2) is 10.0. The summed E-state index contributed by atoms with van der Waals surface area (Å²) in [6.07, 6.45) is 2.52. The summed E-state index contributed by atoms with van der Waals surface area (Å²) < 4.78 is 25.6. The van der Waals surface area contributed by atoms with Gasteiger partial charge in [0.2, 0.25) is 15.9 Å². The predicted octanol–water partition coefficient (Wildman–Crippen LogP) is 0.417. The van der Waals surface area contributed by atoms with Crippen LogP contribution in [0.4, 0.5) is 0 Å². The first kappa shape index (κ1) is 20.2. The Labute approximate surface area is 130 Å². The zero-order valence-corrected chi connectivity index (χ0v) is 14.2. The fourth-order valence-corrected chi connectivity index (χ4v) is 2.83. The zero-order valence-electron chi connectivity index (χ0n) is 12.6. The number of nitrogens with one attached hydrogen (secondary N) is 2. The van der Waals surface area contributed by atoms with Crippen LogP contribution in [-0.4, -0.2) is 55.2 Å². The van der Waals surface area contributed by atoms with Gasteiger partial charge in [-0.2, -0.15) is 11.8 Å². The Balaban J connectivity index is 4.60. The van der Waals surface area contributed by atoms with E-state index in [2.05, 4.69) is 10.0 Å². The summed E-state index contributed by atoms with van der Waals surface area (Å²) in [4.78, 5) is 22.6. The number of amides is 1. The van der Waals surface area contributed by atoms with Crippen LogP contribution in [0.2, 0.25) is 0 Å². The van der Waals surface area contributed by atoms with Gasteiger partial charge < -0.3 is 10.4 Å². The van der Waals surface area contributed by atoms with Gasteiger partial charge in [-0.05, 0) is 38.7 Å². The normalized spacial score (nSPS) is 14.4. The molecule has 0 aliphatic carbocycles. The van der Waals surface area contributed by atoms with Gasteiger partial charge in [0.1, 0.15) is 6.04 Å². The molecule has 3 N–H and O–H groups in total. The summed E-state index contributed by atoms with van der Waals surface area (Å²) in [6.45, 7) is 3.20. The largest absolute Gasteiger partial charge is 0.481 e. The molecule has 0 fully saturated rings. The van der Waals surface area contributed by atoms with E-state index in [1.54, 1.807) is 6.92 Å². The third-order valence-corrected chi connectivity index (χ3v) is 4.86. The van der Waals surface area contributed by atoms with Crippen molar-refractivity contribution >= 4 is 33.7 Å². The van der Waals surface area contributed by atoms with Crippen LogP contribution in [0.15, 0.2) is 0 Å². The lowest BCUT2D eigenvalue weighted by Crippen LogP contribution is -2.49. The molecule has 2 unspecified atom stereocenters. The number of rotatable bonds is 11. The zero-order chi connectivity index (χ0) is 16.5. The molecule has 1 amide bonds. The van der Waals surface area contributed by atoms with Crippen molar-refractivity contribution in [1.29, 1.82) is 0 Å². The molecule has 0 spiro atoms. The highest BCUT2D eigenvalue weighted by Crippen LogP contribution is 2.05. The Morgan fingerprint density at radius 2 is 1.90 bits per heavy atom. The molecule has 0 aromatic heterocycles. The molecule has 9 heteroatoms. The van der Waals surface area contributed by atoms with E-state index in [1.807, 2.05) is 6.26 Å². The molecule has 21 heavy (non-hydrogen) atoms. The fourth-order valence-electron chi connectivity index (χ4n) is 1.53. The summed E-state index contributed by atoms with van der Waals surface area (Å²) >= 11 is 1.52. The van der Waals surface area contributed by atoms with Gasteiger partial charge in [-0.15, -0.1) is 0 Å². The Kier molecular flexibility index (Phi) is 9.63. The molecule has 0 rings (SSSR count). The molecule has 0 aromatic carbocycles. The number of thioether (sulfide) groups is 1. The highest BCUT2D eigenvalue weighted by Gasteiger charge is 2.24. The lowest BCUT2D eigenvalue weighted by molar-refractivity contribution is -0.137. The van der Waals surface area contributed by atoms with Gasteiger partial charge in [0.15, 0.2) is 0 Å². The van der Waals surface area contributed by atoms with Crippen LogP contribution in [-0.2, 0) is 19.6 Å². The van der Waals surface area contributed by atoms with Crippen LogP contribution in [0, 0.1) is 0 Å². The second-order valence-corrected chi connectivity index (χ2v) is 7.73. The van der Waals surface area contributed by atoms with E-state index in [1.165, 1.54) is 18.7 Å². The summed E-state index contributed by atoms with van der Waals surface area (Å²) in [5.41, 5.74) is 0. The van der Waals surface area contributed by atoms with Gasteiger partial charge in [0, 0.05) is 12.5 Å². The minimum absolute atomic E-state index is 0.0440. The maximum absolute atomic E-state index is 12.1. The van der Waals surface area contributed by atoms with Crippen molar-refractivity contribution < 1.29 is 23.1 Å². The van der Waals surface area contributed by atoms with E-state index >= 15 is 0 Å². The highest BCUT2D eigenvalue weighted by atomic mass is 32.2. The number of sulfonamides is 1. The third kappa shape index (κ3) is 9.70. The quantitative estimate of drug-likeness (QED) is 0.502. The number of aliphatic carboxylic acids is 1. The Morgan fingerprint density at radius 3 is 2.38 bits per heavy atom. The monoisotopic (exact) mass is 340 g/mol. The van der Waals surface area contributed by atoms with Gasteiger partial charge in [-0.1, -0.05) is 0 Å². The van der Waals surface area contributed by atoms with Gasteiger partial charge in [0.25, 0.3) is 0 Å². The standard InChI is InChI=1S/C12H24N2O5S2/c1-4-21(18,19)14-10(7-8-20-3)12(17)13-9(2)5-6-11(15)16/h9-10,14H,4-8H2,1-3H3,(H,13,17)(H,15,16). The molecule has 0 saturated heterocycles. The topological polar surface area (TPSA) is 113 Å². The van der Waals surface area contributed by atoms with E-state index in [-0.39, 0.29) is 18.2 Å². The molecule has 0 aromatic rings. The number of carbonyl (C=O) groups excluding carboxylic acids is 1. The average Bonchev–Trinajstić information content (AvgIpc) is 2.41. The smallest absolute Gasteiger partial charge is 0.303 e. The highest BCUT2D eigenvalue weighted by molar-refractivity contribution is 7.98. The number of hydrogen-bond acceptors (Lipinski definition) is 5. The number of carbonyl (C=O) groups is 2. The van der Waals surface area contributed by atoms with Gasteiger partial charge in [-0.25, -0.2) is 13.1 Å². The molecule has 124 valence electrons. The number of carboxylic acids is 1. The van der Waals surface area contributed by atoms with Crippen molar-refractivity contribution in [3.63, 3.8) is 0 Å². The molecule has 0 saturated carbocycles. The van der Waals surface area contributed by atoms with Gasteiger partial charge >= 0.3 is 5.97 Å². The Morgan fingerprint density at radius 1 is 1.29 bits per heavy atom. The minimum atomic E-state index is -3.47. The van der Waals surface area contributed by atoms with Gasteiger partial charge in [-0.3, -0.25) is 9.59 Å². The molecule has 0 heterocycles. The first-order valence-electron chi connectivity index (χ1n) is 6.73. The van der Waals surface area contributed by atoms with Crippen LogP contribution in [0.1, 0.15) is 33.1 Å². The maximum atomic E-state index is 12.1. The third-order valence-electron chi connectivity index (χ3n) is 2.81. The minimum Gasteiger partial charge on any atom is -0.481 e. The fraction of sp³-hybridized carbons (Fsp3) is 0.833. The van der Waals surface area contributed by atoms with E-state index in [0.717, 1.165) is 0 Å². The molecular weight excluding hydrogens is 316 g/mol. The molecule has 0 aliphatic rings. The van der Waals surface area contributed by atoms with Crippen LogP contribution in [0.5, 0.6) is 0 Å². The van der Waals surface area contributed by atoms with E-state index in [0.29, 0.717) is 18.6 Å². The second-order valence-electron chi connectivity index (χ2n) is 4.70. The summed E-state index contributed by atoms with van der Waals surface area (Å²) in [5, 5.41) is 11.3. The van der Waals surface area contributed by atoms with Crippen LogP contribution >= 0.6 is 11.8 Å². The van der Waals surface area contributed by atoms with E-state index in [4.69, 9.17) is 5.11 Å². The Bertz CT molecular complexity index is 439. The molecule has 7 nitrogen and oxygen atoms in total. The average molecular weight is 340 g/mol. The number of carboxylic acid groups (broad SMARTS) is 1. The summed E-state index contributed by atoms with van der Waals surface area (Å²) in [6, 6.07) is -1.15. The molecule has 0 radical (unpaired) electrons. The lowest BCUT2D eigenvalue weighted by atomic mass is 10.1. The maximum Gasteiger partial charge on any atom is 0.303 e. The molecule has 0 bridgehead atoms. The van der Waals surface area contributed by atoms with Crippen molar-refractivity contribution in [2.45, 2.75) is 45.2 Å².